The van der Waals surface area contributed by atoms with Crippen molar-refractivity contribution in [2.75, 3.05) is 19.4 Å². The number of carbonyl (C=O) groups is 1. The van der Waals surface area contributed by atoms with Crippen molar-refractivity contribution in [3.8, 4) is 5.75 Å². The lowest BCUT2D eigenvalue weighted by molar-refractivity contribution is 0.0955. The standard InChI is InChI=1S/C13H16N4O3/c1-8-16-12(17-20-8)5-6-15-13(18)10-4-3-9(19-2)7-11(10)14/h3-4,7H,5-6,14H2,1-2H3,(H,15,18). The van der Waals surface area contributed by atoms with Crippen LogP contribution >= 0.6 is 0 Å². The second-order valence-electron chi connectivity index (χ2n) is 4.19. The summed E-state index contributed by atoms with van der Waals surface area (Å²) in [4.78, 5) is 16.0. The first-order valence-corrected chi connectivity index (χ1v) is 6.11. The minimum absolute atomic E-state index is 0.245. The van der Waals surface area contributed by atoms with Crippen LogP contribution in [-0.4, -0.2) is 29.7 Å². The molecule has 20 heavy (non-hydrogen) atoms. The monoisotopic (exact) mass is 276 g/mol. The molecule has 0 radical (unpaired) electrons. The van der Waals surface area contributed by atoms with Gasteiger partial charge in [-0.2, -0.15) is 4.98 Å². The van der Waals surface area contributed by atoms with Gasteiger partial charge in [0.05, 0.1) is 12.7 Å². The Bertz CT molecular complexity index is 609. The van der Waals surface area contributed by atoms with Gasteiger partial charge in [-0.05, 0) is 12.1 Å². The van der Waals surface area contributed by atoms with Gasteiger partial charge in [0.15, 0.2) is 5.82 Å². The van der Waals surface area contributed by atoms with Crippen LogP contribution in [0.4, 0.5) is 5.69 Å². The Hall–Kier alpha value is -2.57. The lowest BCUT2D eigenvalue weighted by atomic mass is 10.1. The third kappa shape index (κ3) is 3.25. The summed E-state index contributed by atoms with van der Waals surface area (Å²) in [6.45, 7) is 2.12. The number of aromatic nitrogens is 2. The van der Waals surface area contributed by atoms with E-state index in [0.29, 0.717) is 41.7 Å². The number of rotatable bonds is 5. The van der Waals surface area contributed by atoms with Gasteiger partial charge >= 0.3 is 0 Å². The molecule has 2 aromatic rings. The van der Waals surface area contributed by atoms with Gasteiger partial charge < -0.3 is 20.3 Å². The summed E-state index contributed by atoms with van der Waals surface area (Å²) >= 11 is 0. The Morgan fingerprint density at radius 2 is 2.30 bits per heavy atom. The zero-order chi connectivity index (χ0) is 14.5. The summed E-state index contributed by atoms with van der Waals surface area (Å²) in [5.74, 6) is 1.43. The molecule has 1 heterocycles. The number of amides is 1. The molecule has 1 aromatic heterocycles. The van der Waals surface area contributed by atoms with E-state index >= 15 is 0 Å². The van der Waals surface area contributed by atoms with E-state index in [2.05, 4.69) is 15.5 Å². The smallest absolute Gasteiger partial charge is 0.253 e. The molecule has 106 valence electrons. The topological polar surface area (TPSA) is 103 Å². The van der Waals surface area contributed by atoms with Crippen molar-refractivity contribution >= 4 is 11.6 Å². The van der Waals surface area contributed by atoms with E-state index in [1.807, 2.05) is 0 Å². The molecule has 0 saturated carbocycles. The number of nitrogens with zero attached hydrogens (tertiary/aromatic N) is 2. The lowest BCUT2D eigenvalue weighted by Crippen LogP contribution is -2.26. The molecule has 2 rings (SSSR count). The largest absolute Gasteiger partial charge is 0.497 e. The zero-order valence-corrected chi connectivity index (χ0v) is 11.3. The zero-order valence-electron chi connectivity index (χ0n) is 11.3. The van der Waals surface area contributed by atoms with E-state index in [-0.39, 0.29) is 5.91 Å². The predicted molar refractivity (Wildman–Crippen MR) is 72.5 cm³/mol. The van der Waals surface area contributed by atoms with Gasteiger partial charge in [-0.1, -0.05) is 5.16 Å². The van der Waals surface area contributed by atoms with Crippen molar-refractivity contribution in [2.24, 2.45) is 0 Å². The minimum atomic E-state index is -0.245. The first-order valence-electron chi connectivity index (χ1n) is 6.11. The highest BCUT2D eigenvalue weighted by molar-refractivity contribution is 5.99. The maximum atomic E-state index is 12.0. The van der Waals surface area contributed by atoms with Crippen LogP contribution in [0.3, 0.4) is 0 Å². The number of aryl methyl sites for hydroxylation is 1. The molecule has 7 heteroatoms. The Kier molecular flexibility index (Phi) is 4.19. The Morgan fingerprint density at radius 3 is 2.90 bits per heavy atom. The molecule has 0 aliphatic carbocycles. The minimum Gasteiger partial charge on any atom is -0.497 e. The van der Waals surface area contributed by atoms with Crippen LogP contribution in [0, 0.1) is 6.92 Å². The summed E-state index contributed by atoms with van der Waals surface area (Å²) in [7, 11) is 1.54. The number of ether oxygens (including phenoxy) is 1. The van der Waals surface area contributed by atoms with Crippen LogP contribution in [0.15, 0.2) is 22.7 Å². The van der Waals surface area contributed by atoms with E-state index in [9.17, 15) is 4.79 Å². The van der Waals surface area contributed by atoms with Gasteiger partial charge in [-0.25, -0.2) is 0 Å². The third-order valence-corrected chi connectivity index (χ3v) is 2.71. The second-order valence-corrected chi connectivity index (χ2v) is 4.19. The molecule has 0 atom stereocenters. The molecule has 7 nitrogen and oxygen atoms in total. The highest BCUT2D eigenvalue weighted by Crippen LogP contribution is 2.19. The average molecular weight is 276 g/mol. The van der Waals surface area contributed by atoms with Crippen LogP contribution < -0.4 is 15.8 Å². The summed E-state index contributed by atoms with van der Waals surface area (Å²) in [5, 5.41) is 6.50. The summed E-state index contributed by atoms with van der Waals surface area (Å²) < 4.78 is 9.88. The highest BCUT2D eigenvalue weighted by Gasteiger charge is 2.10. The number of nitrogens with two attached hydrogens (primary N) is 1. The predicted octanol–water partition coefficient (Wildman–Crippen LogP) is 0.941. The molecule has 0 aliphatic heterocycles. The number of nitrogens with one attached hydrogen (secondary N) is 1. The summed E-state index contributed by atoms with van der Waals surface area (Å²) in [6, 6.07) is 4.92. The fourth-order valence-corrected chi connectivity index (χ4v) is 1.70. The molecule has 0 bridgehead atoms. The lowest BCUT2D eigenvalue weighted by Gasteiger charge is -2.08. The number of methoxy groups -OCH3 is 1. The number of nitrogen functional groups attached to an aromatic ring is 1. The van der Waals surface area contributed by atoms with Gasteiger partial charge in [0.2, 0.25) is 5.89 Å². The van der Waals surface area contributed by atoms with Gasteiger partial charge in [0.25, 0.3) is 5.91 Å². The molecular weight excluding hydrogens is 260 g/mol. The second kappa shape index (κ2) is 6.05. The number of anilines is 1. The molecular formula is C13H16N4O3. The Morgan fingerprint density at radius 1 is 1.50 bits per heavy atom. The van der Waals surface area contributed by atoms with Gasteiger partial charge in [0.1, 0.15) is 5.75 Å². The van der Waals surface area contributed by atoms with Crippen molar-refractivity contribution < 1.29 is 14.1 Å². The van der Waals surface area contributed by atoms with Gasteiger partial charge in [-0.15, -0.1) is 0 Å². The molecule has 3 N–H and O–H groups in total. The van der Waals surface area contributed by atoms with E-state index in [4.69, 9.17) is 15.0 Å². The van der Waals surface area contributed by atoms with Crippen molar-refractivity contribution in [1.82, 2.24) is 15.5 Å². The summed E-state index contributed by atoms with van der Waals surface area (Å²) in [6.07, 6.45) is 0.499. The summed E-state index contributed by atoms with van der Waals surface area (Å²) in [5.41, 5.74) is 6.59. The average Bonchev–Trinajstić information content (AvgIpc) is 2.84. The van der Waals surface area contributed by atoms with E-state index in [1.54, 1.807) is 32.2 Å². The first kappa shape index (κ1) is 13.9. The maximum absolute atomic E-state index is 12.0. The molecule has 0 spiro atoms. The Labute approximate surface area is 116 Å². The van der Waals surface area contributed by atoms with Crippen LogP contribution in [0.1, 0.15) is 22.1 Å². The number of hydrogen-bond acceptors (Lipinski definition) is 6. The fourth-order valence-electron chi connectivity index (χ4n) is 1.70. The normalized spacial score (nSPS) is 10.3. The number of benzene rings is 1. The van der Waals surface area contributed by atoms with E-state index in [1.165, 1.54) is 0 Å². The van der Waals surface area contributed by atoms with Crippen LogP contribution in [0.2, 0.25) is 0 Å². The van der Waals surface area contributed by atoms with Gasteiger partial charge in [-0.3, -0.25) is 4.79 Å². The van der Waals surface area contributed by atoms with E-state index in [0.717, 1.165) is 0 Å². The molecule has 0 unspecified atom stereocenters. The quantitative estimate of drug-likeness (QED) is 0.788. The van der Waals surface area contributed by atoms with Crippen LogP contribution in [-0.2, 0) is 6.42 Å². The molecule has 0 fully saturated rings. The van der Waals surface area contributed by atoms with Crippen molar-refractivity contribution in [3.63, 3.8) is 0 Å². The number of hydrogen-bond donors (Lipinski definition) is 2. The first-order chi connectivity index (χ1) is 9.60. The van der Waals surface area contributed by atoms with Gasteiger partial charge in [0, 0.05) is 31.6 Å². The molecule has 0 aliphatic rings. The van der Waals surface area contributed by atoms with Crippen LogP contribution in [0.5, 0.6) is 5.75 Å². The Balaban J connectivity index is 1.91. The number of carbonyl (C=O) groups excluding carboxylic acids is 1. The van der Waals surface area contributed by atoms with Crippen LogP contribution in [0.25, 0.3) is 0 Å². The highest BCUT2D eigenvalue weighted by atomic mass is 16.5. The maximum Gasteiger partial charge on any atom is 0.253 e. The molecule has 0 saturated heterocycles. The molecule has 1 aromatic carbocycles. The fraction of sp³-hybridized carbons (Fsp3) is 0.308. The van der Waals surface area contributed by atoms with Crippen molar-refractivity contribution in [2.45, 2.75) is 13.3 Å². The third-order valence-electron chi connectivity index (χ3n) is 2.71. The van der Waals surface area contributed by atoms with Crippen molar-refractivity contribution in [3.05, 3.63) is 35.5 Å². The van der Waals surface area contributed by atoms with Crippen molar-refractivity contribution in [1.29, 1.82) is 0 Å². The van der Waals surface area contributed by atoms with E-state index < -0.39 is 0 Å². The molecule has 1 amide bonds. The SMILES string of the molecule is COc1ccc(C(=O)NCCc2noc(C)n2)c(N)c1.